The van der Waals surface area contributed by atoms with E-state index < -0.39 is 33.3 Å². The fourth-order valence-electron chi connectivity index (χ4n) is 4.52. The van der Waals surface area contributed by atoms with Crippen LogP contribution < -0.4 is 16.6 Å². The molecule has 1 aliphatic carbocycles. The van der Waals surface area contributed by atoms with Crippen LogP contribution in [-0.2, 0) is 14.6 Å². The van der Waals surface area contributed by atoms with Crippen LogP contribution in [0.25, 0.3) is 10.9 Å². The van der Waals surface area contributed by atoms with Crippen LogP contribution in [-0.4, -0.2) is 41.0 Å². The van der Waals surface area contributed by atoms with E-state index in [1.54, 1.807) is 0 Å². The first kappa shape index (κ1) is 25.8. The number of benzene rings is 1. The predicted molar refractivity (Wildman–Crippen MR) is 136 cm³/mol. The number of rotatable bonds is 7. The van der Waals surface area contributed by atoms with Gasteiger partial charge >= 0.3 is 0 Å². The van der Waals surface area contributed by atoms with Gasteiger partial charge in [0.25, 0.3) is 5.56 Å². The maximum atomic E-state index is 13.5. The van der Waals surface area contributed by atoms with Crippen molar-refractivity contribution in [3.8, 4) is 0 Å². The maximum Gasteiger partial charge on any atom is 0.262 e. The minimum atomic E-state index is -3.64. The molecule has 1 aromatic carbocycles. The normalized spacial score (nSPS) is 15.5. The van der Waals surface area contributed by atoms with Crippen LogP contribution in [0.3, 0.4) is 0 Å². The number of nitrogens with zero attached hydrogens (tertiary/aromatic N) is 3. The zero-order valence-corrected chi connectivity index (χ0v) is 21.2. The number of sulfone groups is 1. The third-order valence-electron chi connectivity index (χ3n) is 6.46. The van der Waals surface area contributed by atoms with Crippen molar-refractivity contribution in [2.24, 2.45) is 11.7 Å². The summed E-state index contributed by atoms with van der Waals surface area (Å²) in [5, 5.41) is 2.75. The van der Waals surface area contributed by atoms with Gasteiger partial charge in [-0.05, 0) is 36.6 Å². The number of carbonyl (C=O) groups excluding carboxylic acids is 2. The van der Waals surface area contributed by atoms with Crippen LogP contribution in [0.15, 0.2) is 46.5 Å². The molecule has 1 aliphatic rings. The Labute approximate surface area is 212 Å². The summed E-state index contributed by atoms with van der Waals surface area (Å²) in [4.78, 5) is 46.5. The lowest BCUT2D eigenvalue weighted by Crippen LogP contribution is -2.35. The van der Waals surface area contributed by atoms with Gasteiger partial charge in [0.1, 0.15) is 11.9 Å². The lowest BCUT2D eigenvalue weighted by molar-refractivity contribution is -0.120. The van der Waals surface area contributed by atoms with Gasteiger partial charge in [-0.15, -0.1) is 0 Å². The quantitative estimate of drug-likeness (QED) is 0.474. The second-order valence-corrected chi connectivity index (χ2v) is 11.5. The van der Waals surface area contributed by atoms with E-state index in [-0.39, 0.29) is 38.1 Å². The van der Waals surface area contributed by atoms with Gasteiger partial charge in [0.2, 0.25) is 11.8 Å². The van der Waals surface area contributed by atoms with Crippen LogP contribution in [0.5, 0.6) is 0 Å². The average Bonchev–Trinajstić information content (AvgIpc) is 2.83. The number of fused-ring (bicyclic) bond motifs is 1. The van der Waals surface area contributed by atoms with Gasteiger partial charge in [0.05, 0.1) is 32.7 Å². The number of carbonyl (C=O) groups is 2. The van der Waals surface area contributed by atoms with Crippen molar-refractivity contribution in [3.63, 3.8) is 0 Å². The largest absolute Gasteiger partial charge is 0.366 e. The Bertz CT molecular complexity index is 1480. The molecule has 0 aliphatic heterocycles. The number of hydrogen-bond acceptors (Lipinski definition) is 7. The minimum Gasteiger partial charge on any atom is -0.366 e. The Morgan fingerprint density at radius 1 is 1.19 bits per heavy atom. The average molecular weight is 532 g/mol. The summed E-state index contributed by atoms with van der Waals surface area (Å²) in [7, 11) is -3.64. The molecule has 1 saturated carbocycles. The first-order valence-electron chi connectivity index (χ1n) is 11.5. The predicted octanol–water partition coefficient (Wildman–Crippen LogP) is 3.10. The molecule has 1 fully saturated rings. The van der Waals surface area contributed by atoms with Crippen molar-refractivity contribution >= 4 is 50.0 Å². The molecule has 1 atom stereocenters. The molecule has 4 rings (SSSR count). The van der Waals surface area contributed by atoms with Gasteiger partial charge in [0, 0.05) is 12.5 Å². The SMILES string of the molecule is CS(=O)(=O)c1cc(Cl)c2ncn(C(CC3CCCCC3)C(=O)Nc3ccc(C(N)=O)cn3)c(=O)c2c1. The van der Waals surface area contributed by atoms with E-state index in [0.29, 0.717) is 6.42 Å². The summed E-state index contributed by atoms with van der Waals surface area (Å²) in [5.41, 5.74) is 5.03. The van der Waals surface area contributed by atoms with Gasteiger partial charge in [0.15, 0.2) is 9.84 Å². The van der Waals surface area contributed by atoms with Gasteiger partial charge in [-0.2, -0.15) is 0 Å². The van der Waals surface area contributed by atoms with E-state index in [9.17, 15) is 22.8 Å². The molecule has 3 aromatic rings. The molecule has 3 N–H and O–H groups in total. The molecule has 1 unspecified atom stereocenters. The molecular formula is C24H26ClN5O5S. The summed E-state index contributed by atoms with van der Waals surface area (Å²) < 4.78 is 25.5. The molecule has 0 saturated heterocycles. The topological polar surface area (TPSA) is 154 Å². The van der Waals surface area contributed by atoms with Gasteiger partial charge in [-0.1, -0.05) is 43.7 Å². The molecule has 10 nitrogen and oxygen atoms in total. The summed E-state index contributed by atoms with van der Waals surface area (Å²) in [6.07, 6.45) is 9.06. The van der Waals surface area contributed by atoms with E-state index in [0.717, 1.165) is 38.4 Å². The molecule has 2 amide bonds. The standard InChI is InChI=1S/C24H26ClN5O5S/c1-36(34,35)16-10-17-21(18(25)11-16)28-13-30(24(17)33)19(9-14-5-3-2-4-6-14)23(32)29-20-8-7-15(12-27-20)22(26)31/h7-8,10-14,19H,2-6,9H2,1H3,(H2,26,31)(H,27,29,32). The van der Waals surface area contributed by atoms with Crippen LogP contribution in [0.2, 0.25) is 5.02 Å². The molecule has 190 valence electrons. The number of pyridine rings is 1. The van der Waals surface area contributed by atoms with Crippen molar-refractivity contribution < 1.29 is 18.0 Å². The van der Waals surface area contributed by atoms with Crippen LogP contribution in [0.1, 0.15) is 54.9 Å². The minimum absolute atomic E-state index is 0.0100. The fraction of sp³-hybridized carbons (Fsp3) is 0.375. The Hall–Kier alpha value is -3.31. The van der Waals surface area contributed by atoms with Gasteiger partial charge in [-0.25, -0.2) is 18.4 Å². The van der Waals surface area contributed by atoms with Crippen molar-refractivity contribution in [2.45, 2.75) is 49.5 Å². The number of halogens is 1. The number of hydrogen-bond donors (Lipinski definition) is 2. The van der Waals surface area contributed by atoms with Crippen LogP contribution >= 0.6 is 11.6 Å². The molecule has 0 bridgehead atoms. The molecule has 2 aromatic heterocycles. The van der Waals surface area contributed by atoms with E-state index in [1.165, 1.54) is 41.4 Å². The second-order valence-electron chi connectivity index (χ2n) is 9.07. The Balaban J connectivity index is 1.75. The fourth-order valence-corrected chi connectivity index (χ4v) is 5.52. The Morgan fingerprint density at radius 3 is 2.53 bits per heavy atom. The molecular weight excluding hydrogens is 506 g/mol. The van der Waals surface area contributed by atoms with Crippen molar-refractivity contribution in [1.82, 2.24) is 14.5 Å². The summed E-state index contributed by atoms with van der Waals surface area (Å²) in [6.45, 7) is 0. The monoisotopic (exact) mass is 531 g/mol. The molecule has 12 heteroatoms. The van der Waals surface area contributed by atoms with Crippen molar-refractivity contribution in [2.75, 3.05) is 11.6 Å². The zero-order chi connectivity index (χ0) is 26.0. The maximum absolute atomic E-state index is 13.5. The second kappa shape index (κ2) is 10.4. The van der Waals surface area contributed by atoms with Crippen molar-refractivity contribution in [3.05, 3.63) is 57.7 Å². The van der Waals surface area contributed by atoms with Gasteiger partial charge < -0.3 is 11.1 Å². The lowest BCUT2D eigenvalue weighted by Gasteiger charge is -2.27. The zero-order valence-electron chi connectivity index (χ0n) is 19.6. The van der Waals surface area contributed by atoms with Crippen molar-refractivity contribution in [1.29, 1.82) is 0 Å². The number of amides is 2. The summed E-state index contributed by atoms with van der Waals surface area (Å²) in [5.74, 6) is -0.693. The van der Waals surface area contributed by atoms with Crippen LogP contribution in [0, 0.1) is 5.92 Å². The molecule has 0 radical (unpaired) electrons. The lowest BCUT2D eigenvalue weighted by atomic mass is 9.84. The first-order chi connectivity index (χ1) is 17.0. The number of nitrogens with two attached hydrogens (primary N) is 1. The van der Waals surface area contributed by atoms with E-state index in [2.05, 4.69) is 15.3 Å². The molecule has 0 spiro atoms. The highest BCUT2D eigenvalue weighted by molar-refractivity contribution is 7.90. The highest BCUT2D eigenvalue weighted by Gasteiger charge is 2.28. The van der Waals surface area contributed by atoms with E-state index in [1.807, 2.05) is 0 Å². The first-order valence-corrected chi connectivity index (χ1v) is 13.8. The molecule has 36 heavy (non-hydrogen) atoms. The highest BCUT2D eigenvalue weighted by Crippen LogP contribution is 2.32. The summed E-state index contributed by atoms with van der Waals surface area (Å²) >= 11 is 6.24. The Morgan fingerprint density at radius 2 is 1.92 bits per heavy atom. The molecule has 2 heterocycles. The smallest absolute Gasteiger partial charge is 0.262 e. The van der Waals surface area contributed by atoms with Gasteiger partial charge in [-0.3, -0.25) is 19.0 Å². The van der Waals surface area contributed by atoms with E-state index >= 15 is 0 Å². The van der Waals surface area contributed by atoms with Crippen LogP contribution in [0.4, 0.5) is 5.82 Å². The number of nitrogens with one attached hydrogen (secondary N) is 1. The Kier molecular flexibility index (Phi) is 7.41. The highest BCUT2D eigenvalue weighted by atomic mass is 35.5. The summed E-state index contributed by atoms with van der Waals surface area (Å²) in [6, 6.07) is 4.47. The van der Waals surface area contributed by atoms with E-state index in [4.69, 9.17) is 17.3 Å². The number of aromatic nitrogens is 3. The third-order valence-corrected chi connectivity index (χ3v) is 7.84. The number of anilines is 1. The third kappa shape index (κ3) is 5.57. The number of primary amides is 1.